The minimum atomic E-state index is -0.394. The van der Waals surface area contributed by atoms with Crippen molar-refractivity contribution in [2.24, 2.45) is 17.3 Å². The van der Waals surface area contributed by atoms with Crippen LogP contribution in [0.3, 0.4) is 0 Å². The van der Waals surface area contributed by atoms with Crippen molar-refractivity contribution in [2.75, 3.05) is 6.61 Å². The van der Waals surface area contributed by atoms with Crippen LogP contribution in [0.25, 0.3) is 0 Å². The highest BCUT2D eigenvalue weighted by Crippen LogP contribution is 2.40. The molecule has 1 aromatic rings. The average Bonchev–Trinajstić information content (AvgIpc) is 2.52. The molecule has 0 bridgehead atoms. The maximum atomic E-state index is 12.8. The highest BCUT2D eigenvalue weighted by atomic mass is 19.1. The van der Waals surface area contributed by atoms with Crippen molar-refractivity contribution in [3.05, 3.63) is 35.6 Å². The van der Waals surface area contributed by atoms with E-state index in [0.717, 1.165) is 25.7 Å². The van der Waals surface area contributed by atoms with Gasteiger partial charge in [0.1, 0.15) is 5.82 Å². The number of rotatable bonds is 4. The summed E-state index contributed by atoms with van der Waals surface area (Å²) in [5, 5.41) is 0. The first-order chi connectivity index (χ1) is 10.8. The van der Waals surface area contributed by atoms with Gasteiger partial charge in [-0.15, -0.1) is 0 Å². The van der Waals surface area contributed by atoms with Crippen molar-refractivity contribution in [3.8, 4) is 0 Å². The van der Waals surface area contributed by atoms with Crippen molar-refractivity contribution in [2.45, 2.75) is 46.5 Å². The van der Waals surface area contributed by atoms with E-state index in [1.165, 1.54) is 24.3 Å². The van der Waals surface area contributed by atoms with Gasteiger partial charge in [-0.3, -0.25) is 9.59 Å². The molecule has 0 aliphatic heterocycles. The van der Waals surface area contributed by atoms with Crippen LogP contribution < -0.4 is 0 Å². The van der Waals surface area contributed by atoms with Gasteiger partial charge in [0.2, 0.25) is 0 Å². The highest BCUT2D eigenvalue weighted by Gasteiger charge is 2.33. The number of ketones is 1. The number of ether oxygens (including phenoxy) is 1. The van der Waals surface area contributed by atoms with Crippen molar-refractivity contribution in [1.29, 1.82) is 0 Å². The third-order valence-corrected chi connectivity index (χ3v) is 4.80. The number of carbonyl (C=O) groups is 2. The van der Waals surface area contributed by atoms with Crippen LogP contribution >= 0.6 is 0 Å². The fourth-order valence-corrected chi connectivity index (χ4v) is 3.17. The Kier molecular flexibility index (Phi) is 5.55. The molecular weight excluding hydrogens is 295 g/mol. The first kappa shape index (κ1) is 17.6. The monoisotopic (exact) mass is 320 g/mol. The van der Waals surface area contributed by atoms with E-state index in [2.05, 4.69) is 20.8 Å². The quantitative estimate of drug-likeness (QED) is 0.610. The van der Waals surface area contributed by atoms with Crippen LogP contribution in [-0.2, 0) is 9.53 Å². The van der Waals surface area contributed by atoms with Gasteiger partial charge in [-0.25, -0.2) is 4.39 Å². The van der Waals surface area contributed by atoms with Gasteiger partial charge < -0.3 is 4.74 Å². The van der Waals surface area contributed by atoms with E-state index < -0.39 is 5.82 Å². The second-order valence-corrected chi connectivity index (χ2v) is 7.45. The van der Waals surface area contributed by atoms with Crippen molar-refractivity contribution in [1.82, 2.24) is 0 Å². The predicted molar refractivity (Wildman–Crippen MR) is 86.6 cm³/mol. The summed E-state index contributed by atoms with van der Waals surface area (Å²) in [7, 11) is 0. The molecule has 23 heavy (non-hydrogen) atoms. The molecule has 1 aliphatic rings. The minimum absolute atomic E-state index is 0.102. The van der Waals surface area contributed by atoms with Crippen LogP contribution in [0.4, 0.5) is 4.39 Å². The molecule has 0 unspecified atom stereocenters. The molecule has 2 rings (SSSR count). The molecule has 3 nitrogen and oxygen atoms in total. The normalized spacial score (nSPS) is 21.7. The number of esters is 1. The standard InChI is InChI=1S/C19H25FO3/c1-19(2,3)15-8-4-14(5-9-15)18(22)23-12-17(21)13-6-10-16(20)11-7-13/h6-7,10-11,14-15H,4-5,8-9,12H2,1-3H3. The summed E-state index contributed by atoms with van der Waals surface area (Å²) < 4.78 is 18.0. The van der Waals surface area contributed by atoms with Gasteiger partial charge >= 0.3 is 5.97 Å². The Hall–Kier alpha value is -1.71. The molecule has 0 heterocycles. The Morgan fingerprint density at radius 2 is 1.65 bits per heavy atom. The van der Waals surface area contributed by atoms with Crippen molar-refractivity contribution < 1.29 is 18.7 Å². The van der Waals surface area contributed by atoms with Gasteiger partial charge in [-0.2, -0.15) is 0 Å². The Labute approximate surface area is 137 Å². The van der Waals surface area contributed by atoms with E-state index in [-0.39, 0.29) is 29.7 Å². The van der Waals surface area contributed by atoms with E-state index in [9.17, 15) is 14.0 Å². The number of hydrogen-bond acceptors (Lipinski definition) is 3. The van der Waals surface area contributed by atoms with Crippen molar-refractivity contribution >= 4 is 11.8 Å². The second kappa shape index (κ2) is 7.24. The molecule has 0 N–H and O–H groups in total. The van der Waals surface area contributed by atoms with Gasteiger partial charge in [0.05, 0.1) is 5.92 Å². The van der Waals surface area contributed by atoms with Gasteiger partial charge in [0.15, 0.2) is 12.4 Å². The molecule has 4 heteroatoms. The Morgan fingerprint density at radius 1 is 1.09 bits per heavy atom. The first-order valence-corrected chi connectivity index (χ1v) is 8.23. The van der Waals surface area contributed by atoms with E-state index >= 15 is 0 Å². The molecular formula is C19H25FO3. The van der Waals surface area contributed by atoms with Crippen molar-refractivity contribution in [3.63, 3.8) is 0 Å². The average molecular weight is 320 g/mol. The zero-order chi connectivity index (χ0) is 17.0. The maximum absolute atomic E-state index is 12.8. The Balaban J connectivity index is 1.79. The maximum Gasteiger partial charge on any atom is 0.309 e. The number of halogens is 1. The fraction of sp³-hybridized carbons (Fsp3) is 0.579. The number of Topliss-reactive ketones (excluding diaryl/α,β-unsaturated/α-hetero) is 1. The zero-order valence-electron chi connectivity index (χ0n) is 14.1. The summed E-state index contributed by atoms with van der Waals surface area (Å²) in [6.45, 7) is 6.43. The molecule has 1 aromatic carbocycles. The van der Waals surface area contributed by atoms with E-state index in [1.54, 1.807) is 0 Å². The van der Waals surface area contributed by atoms with Gasteiger partial charge in [0, 0.05) is 5.56 Å². The summed E-state index contributed by atoms with van der Waals surface area (Å²) in [4.78, 5) is 24.0. The highest BCUT2D eigenvalue weighted by molar-refractivity contribution is 5.97. The summed E-state index contributed by atoms with van der Waals surface area (Å²) in [6.07, 6.45) is 3.70. The molecule has 0 amide bonds. The zero-order valence-corrected chi connectivity index (χ0v) is 14.1. The lowest BCUT2D eigenvalue weighted by molar-refractivity contribution is -0.149. The lowest BCUT2D eigenvalue weighted by Crippen LogP contribution is -2.30. The molecule has 126 valence electrons. The van der Waals surface area contributed by atoms with Crippen LogP contribution in [0.5, 0.6) is 0 Å². The molecule has 0 saturated heterocycles. The molecule has 0 atom stereocenters. The van der Waals surface area contributed by atoms with Gasteiger partial charge in [0.25, 0.3) is 0 Å². The Bertz CT molecular complexity index is 549. The molecule has 1 saturated carbocycles. The summed E-state index contributed by atoms with van der Waals surface area (Å²) in [6, 6.07) is 5.26. The lowest BCUT2D eigenvalue weighted by atomic mass is 9.70. The smallest absolute Gasteiger partial charge is 0.309 e. The lowest BCUT2D eigenvalue weighted by Gasteiger charge is -2.36. The van der Waals surface area contributed by atoms with E-state index in [1.807, 2.05) is 0 Å². The molecule has 0 spiro atoms. The summed E-state index contributed by atoms with van der Waals surface area (Å²) in [5.74, 6) is -0.453. The second-order valence-electron chi connectivity index (χ2n) is 7.45. The minimum Gasteiger partial charge on any atom is -0.457 e. The molecule has 0 radical (unpaired) electrons. The molecule has 1 fully saturated rings. The van der Waals surface area contributed by atoms with Crippen LogP contribution in [0, 0.1) is 23.1 Å². The summed E-state index contributed by atoms with van der Waals surface area (Å²) in [5.41, 5.74) is 0.628. The first-order valence-electron chi connectivity index (χ1n) is 8.23. The number of hydrogen-bond donors (Lipinski definition) is 0. The third kappa shape index (κ3) is 4.88. The SMILES string of the molecule is CC(C)(C)C1CCC(C(=O)OCC(=O)c2ccc(F)cc2)CC1. The fourth-order valence-electron chi connectivity index (χ4n) is 3.17. The van der Waals surface area contributed by atoms with Gasteiger partial charge in [-0.05, 0) is 61.3 Å². The van der Waals surface area contributed by atoms with E-state index in [4.69, 9.17) is 4.74 Å². The van der Waals surface area contributed by atoms with Crippen LogP contribution in [0.1, 0.15) is 56.8 Å². The van der Waals surface area contributed by atoms with Crippen LogP contribution in [0.2, 0.25) is 0 Å². The topological polar surface area (TPSA) is 43.4 Å². The number of carbonyl (C=O) groups excluding carboxylic acids is 2. The summed E-state index contributed by atoms with van der Waals surface area (Å²) >= 11 is 0. The number of benzene rings is 1. The predicted octanol–water partition coefficient (Wildman–Crippen LogP) is 4.40. The Morgan fingerprint density at radius 3 is 2.17 bits per heavy atom. The van der Waals surface area contributed by atoms with Crippen LogP contribution in [0.15, 0.2) is 24.3 Å². The van der Waals surface area contributed by atoms with E-state index in [0.29, 0.717) is 11.5 Å². The molecule has 0 aromatic heterocycles. The van der Waals surface area contributed by atoms with Gasteiger partial charge in [-0.1, -0.05) is 20.8 Å². The largest absolute Gasteiger partial charge is 0.457 e. The third-order valence-electron chi connectivity index (χ3n) is 4.80. The molecule has 1 aliphatic carbocycles. The van der Waals surface area contributed by atoms with Crippen LogP contribution in [-0.4, -0.2) is 18.4 Å².